The van der Waals surface area contributed by atoms with Gasteiger partial charge in [-0.15, -0.1) is 0 Å². The van der Waals surface area contributed by atoms with Crippen LogP contribution in [0.15, 0.2) is 64.8 Å². The zero-order valence-electron chi connectivity index (χ0n) is 18.7. The molecule has 34 heavy (non-hydrogen) atoms. The van der Waals surface area contributed by atoms with E-state index in [9.17, 15) is 14.7 Å². The standard InChI is InChI=1S/C25H22ClNO7/c1-4-33-20-10-14(7-8-18(20)26)23(28)21-22(19-6-5-9-34-19)27(25(30)24(21)29)15-11-16(31-2)13-17(12-15)32-3/h5-13,22,28H,4H2,1-3H3/b23-21-. The van der Waals surface area contributed by atoms with Crippen LogP contribution in [0.3, 0.4) is 0 Å². The number of carbonyl (C=O) groups excluding carboxylic acids is 2. The second-order valence-electron chi connectivity index (χ2n) is 7.33. The molecule has 2 aromatic carbocycles. The van der Waals surface area contributed by atoms with Gasteiger partial charge in [0.1, 0.15) is 34.8 Å². The molecule has 176 valence electrons. The zero-order chi connectivity index (χ0) is 24.4. The average Bonchev–Trinajstić information content (AvgIpc) is 3.46. The highest BCUT2D eigenvalue weighted by Crippen LogP contribution is 2.44. The fraction of sp³-hybridized carbons (Fsp3) is 0.200. The topological polar surface area (TPSA) is 98.4 Å². The molecule has 0 saturated carbocycles. The molecule has 0 aliphatic carbocycles. The summed E-state index contributed by atoms with van der Waals surface area (Å²) in [6.45, 7) is 2.16. The van der Waals surface area contributed by atoms with Crippen molar-refractivity contribution in [2.24, 2.45) is 0 Å². The van der Waals surface area contributed by atoms with Crippen molar-refractivity contribution in [1.82, 2.24) is 0 Å². The number of anilines is 1. The van der Waals surface area contributed by atoms with E-state index in [-0.39, 0.29) is 16.9 Å². The quantitative estimate of drug-likeness (QED) is 0.287. The Morgan fingerprint density at radius 2 is 1.79 bits per heavy atom. The van der Waals surface area contributed by atoms with Gasteiger partial charge in [-0.1, -0.05) is 11.6 Å². The Kier molecular flexibility index (Phi) is 6.51. The number of methoxy groups -OCH3 is 2. The van der Waals surface area contributed by atoms with Crippen molar-refractivity contribution in [3.8, 4) is 17.2 Å². The average molecular weight is 484 g/mol. The summed E-state index contributed by atoms with van der Waals surface area (Å²) >= 11 is 6.17. The third-order valence-electron chi connectivity index (χ3n) is 5.38. The molecule has 1 fully saturated rings. The van der Waals surface area contributed by atoms with E-state index in [1.54, 1.807) is 49.4 Å². The van der Waals surface area contributed by atoms with E-state index in [2.05, 4.69) is 0 Å². The van der Waals surface area contributed by atoms with Crippen molar-refractivity contribution >= 4 is 34.7 Å². The fourth-order valence-electron chi connectivity index (χ4n) is 3.82. The minimum atomic E-state index is -1.03. The Balaban J connectivity index is 1.92. The number of hydrogen-bond donors (Lipinski definition) is 1. The van der Waals surface area contributed by atoms with Crippen LogP contribution in [0.25, 0.3) is 5.76 Å². The van der Waals surface area contributed by atoms with Gasteiger partial charge in [0, 0.05) is 23.8 Å². The van der Waals surface area contributed by atoms with Gasteiger partial charge in [-0.05, 0) is 37.3 Å². The molecule has 1 aromatic heterocycles. The first-order valence-electron chi connectivity index (χ1n) is 10.4. The highest BCUT2D eigenvalue weighted by Gasteiger charge is 2.48. The number of rotatable bonds is 7. The lowest BCUT2D eigenvalue weighted by Crippen LogP contribution is -2.29. The number of nitrogens with zero attached hydrogens (tertiary/aromatic N) is 1. The lowest BCUT2D eigenvalue weighted by molar-refractivity contribution is -0.132. The van der Waals surface area contributed by atoms with Crippen LogP contribution in [-0.2, 0) is 9.59 Å². The smallest absolute Gasteiger partial charge is 0.300 e. The normalized spacial score (nSPS) is 17.2. The number of halogens is 1. The molecular formula is C25H22ClNO7. The maximum Gasteiger partial charge on any atom is 0.300 e. The van der Waals surface area contributed by atoms with Gasteiger partial charge in [-0.25, -0.2) is 0 Å². The number of aliphatic hydroxyl groups is 1. The number of benzene rings is 2. The molecule has 0 bridgehead atoms. The van der Waals surface area contributed by atoms with Crippen molar-refractivity contribution in [3.63, 3.8) is 0 Å². The number of furan rings is 1. The lowest BCUT2D eigenvalue weighted by Gasteiger charge is -2.24. The molecule has 1 saturated heterocycles. The van der Waals surface area contributed by atoms with Gasteiger partial charge in [0.25, 0.3) is 11.7 Å². The summed E-state index contributed by atoms with van der Waals surface area (Å²) in [5.74, 6) is -0.598. The number of ketones is 1. The number of aliphatic hydroxyl groups excluding tert-OH is 1. The Hall–Kier alpha value is -3.91. The first-order valence-corrected chi connectivity index (χ1v) is 10.8. The molecule has 1 aliphatic rings. The van der Waals surface area contributed by atoms with Crippen molar-refractivity contribution in [3.05, 3.63) is 76.7 Å². The summed E-state index contributed by atoms with van der Waals surface area (Å²) in [4.78, 5) is 27.7. The highest BCUT2D eigenvalue weighted by atomic mass is 35.5. The van der Waals surface area contributed by atoms with Gasteiger partial charge < -0.3 is 23.7 Å². The molecule has 1 unspecified atom stereocenters. The number of amides is 1. The molecule has 1 aliphatic heterocycles. The van der Waals surface area contributed by atoms with E-state index in [0.29, 0.717) is 40.3 Å². The van der Waals surface area contributed by atoms with E-state index >= 15 is 0 Å². The van der Waals surface area contributed by atoms with Crippen LogP contribution in [0.2, 0.25) is 5.02 Å². The van der Waals surface area contributed by atoms with E-state index in [4.69, 9.17) is 30.2 Å². The molecule has 0 radical (unpaired) electrons. The Bertz CT molecular complexity index is 1240. The van der Waals surface area contributed by atoms with E-state index in [0.717, 1.165) is 0 Å². The largest absolute Gasteiger partial charge is 0.507 e. The molecule has 1 amide bonds. The Morgan fingerprint density at radius 3 is 2.38 bits per heavy atom. The first kappa shape index (κ1) is 23.3. The van der Waals surface area contributed by atoms with Gasteiger partial charge in [-0.3, -0.25) is 14.5 Å². The summed E-state index contributed by atoms with van der Waals surface area (Å²) in [7, 11) is 2.96. The van der Waals surface area contributed by atoms with Gasteiger partial charge >= 0.3 is 0 Å². The summed E-state index contributed by atoms with van der Waals surface area (Å²) in [6, 6.07) is 11.7. The monoisotopic (exact) mass is 483 g/mol. The molecular weight excluding hydrogens is 462 g/mol. The molecule has 1 N–H and O–H groups in total. The van der Waals surface area contributed by atoms with Crippen LogP contribution in [0.4, 0.5) is 5.69 Å². The minimum absolute atomic E-state index is 0.133. The number of Topliss-reactive ketones (excluding diaryl/α,β-unsaturated/α-hetero) is 1. The van der Waals surface area contributed by atoms with Crippen LogP contribution < -0.4 is 19.1 Å². The predicted octanol–water partition coefficient (Wildman–Crippen LogP) is 4.98. The molecule has 9 heteroatoms. The van der Waals surface area contributed by atoms with E-state index in [1.165, 1.54) is 31.4 Å². The summed E-state index contributed by atoms with van der Waals surface area (Å²) in [6.07, 6.45) is 1.43. The molecule has 1 atom stereocenters. The lowest BCUT2D eigenvalue weighted by atomic mass is 9.99. The first-order chi connectivity index (χ1) is 16.4. The van der Waals surface area contributed by atoms with Gasteiger partial charge in [0.15, 0.2) is 0 Å². The third kappa shape index (κ3) is 4.08. The van der Waals surface area contributed by atoms with Gasteiger partial charge in [0.2, 0.25) is 0 Å². The van der Waals surface area contributed by atoms with Crippen LogP contribution >= 0.6 is 11.6 Å². The minimum Gasteiger partial charge on any atom is -0.507 e. The maximum atomic E-state index is 13.2. The van der Waals surface area contributed by atoms with Crippen molar-refractivity contribution in [2.75, 3.05) is 25.7 Å². The molecule has 3 aromatic rings. The maximum absolute atomic E-state index is 13.2. The SMILES string of the molecule is CCOc1cc(/C(O)=C2/C(=O)C(=O)N(c3cc(OC)cc(OC)c3)C2c2ccco2)ccc1Cl. The van der Waals surface area contributed by atoms with Crippen LogP contribution in [0.1, 0.15) is 24.3 Å². The van der Waals surface area contributed by atoms with E-state index < -0.39 is 17.7 Å². The number of carbonyl (C=O) groups is 2. The molecule has 8 nitrogen and oxygen atoms in total. The highest BCUT2D eigenvalue weighted by molar-refractivity contribution is 6.51. The van der Waals surface area contributed by atoms with Gasteiger partial charge in [-0.2, -0.15) is 0 Å². The predicted molar refractivity (Wildman–Crippen MR) is 126 cm³/mol. The second-order valence-corrected chi connectivity index (χ2v) is 7.74. The number of hydrogen-bond acceptors (Lipinski definition) is 7. The Labute approximate surface area is 200 Å². The zero-order valence-corrected chi connectivity index (χ0v) is 19.5. The third-order valence-corrected chi connectivity index (χ3v) is 5.69. The summed E-state index contributed by atoms with van der Waals surface area (Å²) < 4.78 is 21.7. The van der Waals surface area contributed by atoms with Crippen LogP contribution in [-0.4, -0.2) is 37.6 Å². The Morgan fingerprint density at radius 1 is 1.09 bits per heavy atom. The second kappa shape index (κ2) is 9.52. The van der Waals surface area contributed by atoms with Crippen molar-refractivity contribution < 1.29 is 33.3 Å². The molecule has 4 rings (SSSR count). The van der Waals surface area contributed by atoms with E-state index in [1.807, 2.05) is 0 Å². The van der Waals surface area contributed by atoms with Gasteiger partial charge in [0.05, 0.1) is 43.4 Å². The van der Waals surface area contributed by atoms with Crippen molar-refractivity contribution in [1.29, 1.82) is 0 Å². The summed E-state index contributed by atoms with van der Waals surface area (Å²) in [5.41, 5.74) is 0.474. The van der Waals surface area contributed by atoms with Crippen LogP contribution in [0.5, 0.6) is 17.2 Å². The molecule has 2 heterocycles. The summed E-state index contributed by atoms with van der Waals surface area (Å²) in [5, 5.41) is 11.6. The van der Waals surface area contributed by atoms with Crippen LogP contribution in [0, 0.1) is 0 Å². The van der Waals surface area contributed by atoms with Crippen molar-refractivity contribution in [2.45, 2.75) is 13.0 Å². The number of ether oxygens (including phenoxy) is 3. The fourth-order valence-corrected chi connectivity index (χ4v) is 3.99. The molecule has 0 spiro atoms.